The lowest BCUT2D eigenvalue weighted by molar-refractivity contribution is 0.263. The number of hydrogen-bond acceptors (Lipinski definition) is 4. The zero-order valence-corrected chi connectivity index (χ0v) is 10.6. The van der Waals surface area contributed by atoms with Gasteiger partial charge in [-0.1, -0.05) is 6.42 Å². The fraction of sp³-hybridized carbons (Fsp3) is 0.727. The fourth-order valence-electron chi connectivity index (χ4n) is 1.63. The molecule has 16 heavy (non-hydrogen) atoms. The van der Waals surface area contributed by atoms with Crippen LogP contribution in [0.2, 0.25) is 0 Å². The standard InChI is InChI=1S/C11H21N3OS/c1-16-6-4-2-3-5-14-9-13-7-11(14)10(12)8-15/h7,9-10,15H,2-6,8,12H2,1H3. The highest BCUT2D eigenvalue weighted by Gasteiger charge is 2.09. The van der Waals surface area contributed by atoms with Crippen molar-refractivity contribution in [2.75, 3.05) is 18.6 Å². The molecule has 0 aromatic carbocycles. The summed E-state index contributed by atoms with van der Waals surface area (Å²) in [6, 6.07) is -0.311. The van der Waals surface area contributed by atoms with E-state index in [-0.39, 0.29) is 12.6 Å². The highest BCUT2D eigenvalue weighted by atomic mass is 32.2. The van der Waals surface area contributed by atoms with E-state index in [2.05, 4.69) is 11.2 Å². The summed E-state index contributed by atoms with van der Waals surface area (Å²) < 4.78 is 2.04. The number of aryl methyl sites for hydroxylation is 1. The van der Waals surface area contributed by atoms with Gasteiger partial charge in [0.15, 0.2) is 0 Å². The zero-order valence-electron chi connectivity index (χ0n) is 9.80. The van der Waals surface area contributed by atoms with Gasteiger partial charge in [0.1, 0.15) is 0 Å². The van der Waals surface area contributed by atoms with Crippen molar-refractivity contribution in [3.63, 3.8) is 0 Å². The predicted molar refractivity (Wildman–Crippen MR) is 68.5 cm³/mol. The minimum atomic E-state index is -0.311. The summed E-state index contributed by atoms with van der Waals surface area (Å²) in [5.41, 5.74) is 6.70. The van der Waals surface area contributed by atoms with E-state index in [1.54, 1.807) is 12.5 Å². The lowest BCUT2D eigenvalue weighted by atomic mass is 10.2. The molecule has 3 N–H and O–H groups in total. The third-order valence-corrected chi connectivity index (χ3v) is 3.27. The molecule has 1 unspecified atom stereocenters. The van der Waals surface area contributed by atoms with Gasteiger partial charge in [0.25, 0.3) is 0 Å². The van der Waals surface area contributed by atoms with Gasteiger partial charge in [-0.15, -0.1) is 0 Å². The molecular formula is C11H21N3OS. The molecular weight excluding hydrogens is 222 g/mol. The van der Waals surface area contributed by atoms with Crippen molar-refractivity contribution < 1.29 is 5.11 Å². The molecule has 5 heteroatoms. The first-order valence-electron chi connectivity index (χ1n) is 5.65. The van der Waals surface area contributed by atoms with Crippen LogP contribution in [0.1, 0.15) is 31.0 Å². The molecule has 0 saturated carbocycles. The van der Waals surface area contributed by atoms with E-state index in [9.17, 15) is 0 Å². The summed E-state index contributed by atoms with van der Waals surface area (Å²) in [4.78, 5) is 4.07. The molecule has 0 spiro atoms. The second kappa shape index (κ2) is 7.70. The second-order valence-corrected chi connectivity index (χ2v) is 4.84. The van der Waals surface area contributed by atoms with Crippen molar-refractivity contribution >= 4 is 11.8 Å². The molecule has 1 rings (SSSR count). The Balaban J connectivity index is 2.33. The summed E-state index contributed by atoms with van der Waals surface area (Å²) >= 11 is 1.89. The Bertz CT molecular complexity index is 291. The first kappa shape index (κ1) is 13.5. The average molecular weight is 243 g/mol. The van der Waals surface area contributed by atoms with Crippen LogP contribution in [0.5, 0.6) is 0 Å². The smallest absolute Gasteiger partial charge is 0.0948 e. The number of rotatable bonds is 8. The molecule has 0 bridgehead atoms. The molecule has 4 nitrogen and oxygen atoms in total. The molecule has 0 saturated heterocycles. The number of aliphatic hydroxyl groups is 1. The van der Waals surface area contributed by atoms with Gasteiger partial charge in [-0.05, 0) is 24.9 Å². The molecule has 0 aliphatic rings. The van der Waals surface area contributed by atoms with Crippen LogP contribution in [0.15, 0.2) is 12.5 Å². The van der Waals surface area contributed by atoms with Crippen LogP contribution >= 0.6 is 11.8 Å². The van der Waals surface area contributed by atoms with Crippen LogP contribution in [-0.4, -0.2) is 33.3 Å². The normalized spacial score (nSPS) is 12.9. The average Bonchev–Trinajstić information content (AvgIpc) is 2.76. The maximum absolute atomic E-state index is 9.00. The van der Waals surface area contributed by atoms with Crippen molar-refractivity contribution in [1.29, 1.82) is 0 Å². The van der Waals surface area contributed by atoms with E-state index >= 15 is 0 Å². The summed E-state index contributed by atoms with van der Waals surface area (Å²) in [7, 11) is 0. The summed E-state index contributed by atoms with van der Waals surface area (Å²) in [6.07, 6.45) is 9.29. The Morgan fingerprint density at radius 1 is 1.50 bits per heavy atom. The Labute approximate surface area is 101 Å². The SMILES string of the molecule is CSCCCCCn1cncc1C(N)CO. The number of nitrogens with zero attached hydrogens (tertiary/aromatic N) is 2. The van der Waals surface area contributed by atoms with Gasteiger partial charge in [0.2, 0.25) is 0 Å². The van der Waals surface area contributed by atoms with E-state index in [4.69, 9.17) is 10.8 Å². The maximum atomic E-state index is 9.00. The van der Waals surface area contributed by atoms with Gasteiger partial charge in [0.05, 0.1) is 24.7 Å². The molecule has 0 radical (unpaired) electrons. The number of aromatic nitrogens is 2. The van der Waals surface area contributed by atoms with Crippen LogP contribution in [0.25, 0.3) is 0 Å². The zero-order chi connectivity index (χ0) is 11.8. The number of imidazole rings is 1. The van der Waals surface area contributed by atoms with Gasteiger partial charge in [0, 0.05) is 12.7 Å². The third kappa shape index (κ3) is 4.15. The number of unbranched alkanes of at least 4 members (excludes halogenated alkanes) is 2. The van der Waals surface area contributed by atoms with Crippen LogP contribution in [0.3, 0.4) is 0 Å². The monoisotopic (exact) mass is 243 g/mol. The Kier molecular flexibility index (Phi) is 6.52. The van der Waals surface area contributed by atoms with E-state index in [1.165, 1.54) is 18.6 Å². The van der Waals surface area contributed by atoms with Gasteiger partial charge in [-0.3, -0.25) is 0 Å². The minimum Gasteiger partial charge on any atom is -0.394 e. The molecule has 0 amide bonds. The van der Waals surface area contributed by atoms with Crippen molar-refractivity contribution in [3.8, 4) is 0 Å². The van der Waals surface area contributed by atoms with Crippen molar-refractivity contribution in [2.45, 2.75) is 31.8 Å². The van der Waals surface area contributed by atoms with Gasteiger partial charge < -0.3 is 15.4 Å². The number of aliphatic hydroxyl groups excluding tert-OH is 1. The van der Waals surface area contributed by atoms with E-state index in [0.29, 0.717) is 0 Å². The first-order chi connectivity index (χ1) is 7.79. The highest BCUT2D eigenvalue weighted by Crippen LogP contribution is 2.11. The van der Waals surface area contributed by atoms with Gasteiger partial charge in [-0.25, -0.2) is 4.98 Å². The Morgan fingerprint density at radius 3 is 3.00 bits per heavy atom. The number of hydrogen-bond donors (Lipinski definition) is 2. The molecule has 0 fully saturated rings. The highest BCUT2D eigenvalue weighted by molar-refractivity contribution is 7.98. The van der Waals surface area contributed by atoms with Crippen molar-refractivity contribution in [3.05, 3.63) is 18.2 Å². The van der Waals surface area contributed by atoms with Crippen molar-refractivity contribution in [2.24, 2.45) is 5.73 Å². The predicted octanol–water partition coefficient (Wildman–Crippen LogP) is 1.41. The van der Waals surface area contributed by atoms with Gasteiger partial charge >= 0.3 is 0 Å². The largest absolute Gasteiger partial charge is 0.394 e. The molecule has 1 heterocycles. The lowest BCUT2D eigenvalue weighted by Crippen LogP contribution is -2.18. The fourth-order valence-corrected chi connectivity index (χ4v) is 2.12. The molecule has 0 aliphatic carbocycles. The molecule has 92 valence electrons. The van der Waals surface area contributed by atoms with Crippen molar-refractivity contribution in [1.82, 2.24) is 9.55 Å². The van der Waals surface area contributed by atoms with Crippen LogP contribution < -0.4 is 5.73 Å². The summed E-state index contributed by atoms with van der Waals surface area (Å²) in [5, 5.41) is 9.00. The van der Waals surface area contributed by atoms with E-state index in [0.717, 1.165) is 18.7 Å². The quantitative estimate of drug-likeness (QED) is 0.678. The molecule has 1 aromatic heterocycles. The number of thioether (sulfide) groups is 1. The lowest BCUT2D eigenvalue weighted by Gasteiger charge is -2.12. The third-order valence-electron chi connectivity index (χ3n) is 2.57. The van der Waals surface area contributed by atoms with Crippen LogP contribution in [0.4, 0.5) is 0 Å². The summed E-state index contributed by atoms with van der Waals surface area (Å²) in [6.45, 7) is 0.912. The Morgan fingerprint density at radius 2 is 2.31 bits per heavy atom. The maximum Gasteiger partial charge on any atom is 0.0948 e. The molecule has 0 aliphatic heterocycles. The second-order valence-electron chi connectivity index (χ2n) is 3.85. The van der Waals surface area contributed by atoms with E-state index < -0.39 is 0 Å². The van der Waals surface area contributed by atoms with Gasteiger partial charge in [-0.2, -0.15) is 11.8 Å². The first-order valence-corrected chi connectivity index (χ1v) is 7.04. The van der Waals surface area contributed by atoms with E-state index in [1.807, 2.05) is 16.3 Å². The van der Waals surface area contributed by atoms with Crippen LogP contribution in [-0.2, 0) is 6.54 Å². The molecule has 1 atom stereocenters. The minimum absolute atomic E-state index is 0.0296. The van der Waals surface area contributed by atoms with Crippen LogP contribution in [0, 0.1) is 0 Å². The topological polar surface area (TPSA) is 64.1 Å². The summed E-state index contributed by atoms with van der Waals surface area (Å²) in [5.74, 6) is 1.23. The molecule has 1 aromatic rings. The Hall–Kier alpha value is -0.520. The number of nitrogens with two attached hydrogens (primary N) is 1.